The van der Waals surface area contributed by atoms with Crippen molar-refractivity contribution in [1.82, 2.24) is 0 Å². The van der Waals surface area contributed by atoms with E-state index in [0.29, 0.717) is 0 Å². The van der Waals surface area contributed by atoms with Gasteiger partial charge in [-0.15, -0.1) is 0 Å². The molecule has 0 unspecified atom stereocenters. The first-order chi connectivity index (χ1) is 9.12. The summed E-state index contributed by atoms with van der Waals surface area (Å²) in [7, 11) is 0. The molecule has 0 aromatic carbocycles. The van der Waals surface area contributed by atoms with Gasteiger partial charge in [0.1, 0.15) is 0 Å². The molecule has 22 heavy (non-hydrogen) atoms. The maximum atomic E-state index is 12.6. The molecule has 0 N–H and O–H groups in total. The Kier molecular flexibility index (Phi) is 5.33. The van der Waals surface area contributed by atoms with Crippen LogP contribution in [0.15, 0.2) is 0 Å². The summed E-state index contributed by atoms with van der Waals surface area (Å²) in [4.78, 5) is 0. The van der Waals surface area contributed by atoms with Gasteiger partial charge in [0.15, 0.2) is 0 Å². The summed E-state index contributed by atoms with van der Waals surface area (Å²) in [5, 5.41) is 0. The number of hydrogen-bond donors (Lipinski definition) is 0. The SMILES string of the molecule is FC(F)(F)[C](F)(F)[Sn]([C](F)(F)C(F)(F)F)[C](F)(F)C(F)(F)F. The van der Waals surface area contributed by atoms with E-state index in [2.05, 4.69) is 0 Å². The van der Waals surface area contributed by atoms with Gasteiger partial charge in [0.05, 0.1) is 0 Å². The van der Waals surface area contributed by atoms with Crippen LogP contribution in [-0.4, -0.2) is 50.1 Å². The van der Waals surface area contributed by atoms with Crippen LogP contribution in [0.4, 0.5) is 65.9 Å². The Bertz CT molecular complexity index is 334. The Morgan fingerprint density at radius 1 is 0.318 bits per heavy atom. The average Bonchev–Trinajstić information content (AvgIpc) is 2.09. The van der Waals surface area contributed by atoms with Crippen molar-refractivity contribution in [2.24, 2.45) is 0 Å². The summed E-state index contributed by atoms with van der Waals surface area (Å²) in [6, 6.07) is 0. The fourth-order valence-corrected chi connectivity index (χ4v) is 6.82. The standard InChI is InChI=1S/3C2F5.Sn/c3*3-1(4)2(5,6)7;. The third-order valence-electron chi connectivity index (χ3n) is 2.01. The van der Waals surface area contributed by atoms with Crippen LogP contribution < -0.4 is 0 Å². The molecule has 133 valence electrons. The van der Waals surface area contributed by atoms with Crippen LogP contribution in [0.2, 0.25) is 0 Å². The van der Waals surface area contributed by atoms with Gasteiger partial charge in [-0.3, -0.25) is 0 Å². The van der Waals surface area contributed by atoms with E-state index < -0.39 is 50.1 Å². The van der Waals surface area contributed by atoms with E-state index in [-0.39, 0.29) is 0 Å². The average molecular weight is 476 g/mol. The van der Waals surface area contributed by atoms with Gasteiger partial charge in [0, 0.05) is 0 Å². The van der Waals surface area contributed by atoms with Crippen molar-refractivity contribution in [2.75, 3.05) is 0 Å². The van der Waals surface area contributed by atoms with E-state index in [0.717, 1.165) is 0 Å². The van der Waals surface area contributed by atoms with Crippen molar-refractivity contribution < 1.29 is 65.9 Å². The minimum absolute atomic E-state index is 7.44. The Morgan fingerprint density at radius 2 is 0.455 bits per heavy atom. The zero-order chi connectivity index (χ0) is 18.6. The van der Waals surface area contributed by atoms with Gasteiger partial charge >= 0.3 is 116 Å². The molecular weight excluding hydrogens is 476 g/mol. The molecule has 0 nitrogen and oxygen atoms in total. The number of hydrogen-bond acceptors (Lipinski definition) is 0. The van der Waals surface area contributed by atoms with Gasteiger partial charge in [-0.2, -0.15) is 0 Å². The Morgan fingerprint density at radius 3 is 0.545 bits per heavy atom. The molecule has 0 saturated heterocycles. The molecule has 1 radical (unpaired) electrons. The first-order valence-corrected chi connectivity index (χ1v) is 8.62. The molecule has 0 aliphatic heterocycles. The molecule has 0 spiro atoms. The monoisotopic (exact) mass is 477 g/mol. The molecule has 0 rings (SSSR count). The molecule has 16 heteroatoms. The van der Waals surface area contributed by atoms with Crippen LogP contribution in [-0.2, 0) is 0 Å². The second-order valence-electron chi connectivity index (χ2n) is 3.59. The summed E-state index contributed by atoms with van der Waals surface area (Å²) in [5.41, 5.74) is 0. The van der Waals surface area contributed by atoms with Crippen molar-refractivity contribution in [3.63, 3.8) is 0 Å². The van der Waals surface area contributed by atoms with Crippen LogP contribution in [0.1, 0.15) is 0 Å². The topological polar surface area (TPSA) is 0 Å². The van der Waals surface area contributed by atoms with Gasteiger partial charge in [0.2, 0.25) is 0 Å². The Hall–Kier alpha value is -0.251. The first-order valence-electron chi connectivity index (χ1n) is 4.33. The minimum atomic E-state index is -9.38. The normalized spacial score (nSPS) is 16.4. The number of halogens is 15. The fraction of sp³-hybridized carbons (Fsp3) is 1.00. The zero-order valence-corrected chi connectivity index (χ0v) is 12.0. The third kappa shape index (κ3) is 3.47. The van der Waals surface area contributed by atoms with Gasteiger partial charge in [-0.05, 0) is 0 Å². The Balaban J connectivity index is 6.53. The fourth-order valence-electron chi connectivity index (χ4n) is 1.02. The van der Waals surface area contributed by atoms with Gasteiger partial charge < -0.3 is 0 Å². The summed E-state index contributed by atoms with van der Waals surface area (Å²) in [6.07, 6.45) is -22.3. The molecule has 0 bridgehead atoms. The summed E-state index contributed by atoms with van der Waals surface area (Å²) in [6.45, 7) is 0. The van der Waals surface area contributed by atoms with Crippen LogP contribution >= 0.6 is 0 Å². The third-order valence-corrected chi connectivity index (χ3v) is 9.81. The van der Waals surface area contributed by atoms with E-state index in [9.17, 15) is 65.9 Å². The number of rotatable bonds is 3. The van der Waals surface area contributed by atoms with Crippen LogP contribution in [0.3, 0.4) is 0 Å². The van der Waals surface area contributed by atoms with Crippen molar-refractivity contribution in [2.45, 2.75) is 30.3 Å². The summed E-state index contributed by atoms with van der Waals surface area (Å²) >= 11 is -9.38. The second kappa shape index (κ2) is 5.39. The van der Waals surface area contributed by atoms with E-state index in [1.54, 1.807) is 0 Å². The molecule has 0 aromatic heterocycles. The van der Waals surface area contributed by atoms with Crippen LogP contribution in [0.5, 0.6) is 0 Å². The van der Waals surface area contributed by atoms with E-state index in [1.165, 1.54) is 0 Å². The summed E-state index contributed by atoms with van der Waals surface area (Å²) < 4.78 is 160. The molecule has 0 amide bonds. The molecular formula is C6F15Sn. The quantitative estimate of drug-likeness (QED) is 0.410. The van der Waals surface area contributed by atoms with Gasteiger partial charge in [0.25, 0.3) is 0 Å². The van der Waals surface area contributed by atoms with Crippen molar-refractivity contribution in [3.8, 4) is 0 Å². The van der Waals surface area contributed by atoms with Crippen molar-refractivity contribution >= 4 is 19.8 Å². The molecule has 0 atom stereocenters. The molecule has 0 aliphatic rings. The van der Waals surface area contributed by atoms with Crippen molar-refractivity contribution in [3.05, 3.63) is 0 Å². The van der Waals surface area contributed by atoms with Gasteiger partial charge in [-0.1, -0.05) is 0 Å². The molecule has 0 aromatic rings. The van der Waals surface area contributed by atoms with Crippen LogP contribution in [0, 0.1) is 0 Å². The molecule has 0 aliphatic carbocycles. The Labute approximate surface area is 117 Å². The number of alkyl halides is 15. The predicted molar refractivity (Wildman–Crippen MR) is 38.8 cm³/mol. The second-order valence-corrected chi connectivity index (χ2v) is 11.1. The predicted octanol–water partition coefficient (Wildman–Crippen LogP) is 4.69. The van der Waals surface area contributed by atoms with Crippen LogP contribution in [0.25, 0.3) is 0 Å². The summed E-state index contributed by atoms with van der Waals surface area (Å²) in [5.74, 6) is 0. The van der Waals surface area contributed by atoms with Crippen molar-refractivity contribution in [1.29, 1.82) is 0 Å². The maximum absolute atomic E-state index is 12.6. The van der Waals surface area contributed by atoms with E-state index in [1.807, 2.05) is 0 Å². The van der Waals surface area contributed by atoms with E-state index in [4.69, 9.17) is 0 Å². The first kappa shape index (κ1) is 21.7. The van der Waals surface area contributed by atoms with Gasteiger partial charge in [-0.25, -0.2) is 0 Å². The molecule has 0 fully saturated rings. The van der Waals surface area contributed by atoms with E-state index >= 15 is 0 Å². The molecule has 0 heterocycles. The zero-order valence-electron chi connectivity index (χ0n) is 9.17. The molecule has 0 saturated carbocycles.